The van der Waals surface area contributed by atoms with Crippen LogP contribution in [0.2, 0.25) is 0 Å². The largest absolute Gasteiger partial charge is 0.394 e. The zero-order valence-electron chi connectivity index (χ0n) is 11.3. The molecular formula is C12H18N4O3S. The number of aliphatic hydroxyl groups excluding tert-OH is 1. The average molecular weight is 298 g/mol. The Bertz CT molecular complexity index is 626. The summed E-state index contributed by atoms with van der Waals surface area (Å²) >= 11 is 1.61. The smallest absolute Gasteiger partial charge is 0.275 e. The van der Waals surface area contributed by atoms with Crippen LogP contribution in [0.4, 0.5) is 0 Å². The number of nitrogens with zero attached hydrogens (tertiary/aromatic N) is 2. The van der Waals surface area contributed by atoms with E-state index >= 15 is 0 Å². The van der Waals surface area contributed by atoms with Gasteiger partial charge >= 0.3 is 0 Å². The summed E-state index contributed by atoms with van der Waals surface area (Å²) in [7, 11) is 0. The van der Waals surface area contributed by atoms with Gasteiger partial charge in [-0.3, -0.25) is 4.79 Å². The zero-order chi connectivity index (χ0) is 14.7. The molecule has 0 bridgehead atoms. The molecule has 0 amide bonds. The lowest BCUT2D eigenvalue weighted by atomic mass is 10.1. The Balaban J connectivity index is 2.39. The van der Waals surface area contributed by atoms with Gasteiger partial charge in [0.1, 0.15) is 11.0 Å². The molecular weight excluding hydrogens is 280 g/mol. The van der Waals surface area contributed by atoms with Gasteiger partial charge in [0.15, 0.2) is 0 Å². The van der Waals surface area contributed by atoms with E-state index in [1.807, 2.05) is 13.2 Å². The van der Waals surface area contributed by atoms with Crippen LogP contribution >= 0.6 is 11.8 Å². The molecule has 0 fully saturated rings. The number of aromatic nitrogens is 3. The van der Waals surface area contributed by atoms with E-state index in [-0.39, 0.29) is 18.2 Å². The van der Waals surface area contributed by atoms with Gasteiger partial charge in [-0.15, -0.1) is 0 Å². The lowest BCUT2D eigenvalue weighted by Crippen LogP contribution is -2.37. The molecule has 2 heterocycles. The Morgan fingerprint density at radius 1 is 1.50 bits per heavy atom. The van der Waals surface area contributed by atoms with Crippen LogP contribution in [0.5, 0.6) is 0 Å². The van der Waals surface area contributed by atoms with E-state index in [1.54, 1.807) is 18.0 Å². The molecule has 0 radical (unpaired) electrons. The normalized spacial score (nSPS) is 14.8. The monoisotopic (exact) mass is 298 g/mol. The standard InChI is InChI=1S/C12H18N4O3S/c1-7(5-20-2)16(19)9(4-17)8-3-13-11-10(8)14-6-15-12(11)18/h3,6-7,9,13,17,19H,4-5H2,1-2H3,(H,14,15,18). The molecule has 4 N–H and O–H groups in total. The Kier molecular flexibility index (Phi) is 4.81. The van der Waals surface area contributed by atoms with Crippen molar-refractivity contribution in [2.45, 2.75) is 19.0 Å². The van der Waals surface area contributed by atoms with Crippen molar-refractivity contribution in [2.75, 3.05) is 18.6 Å². The third-order valence-corrected chi connectivity index (χ3v) is 4.03. The highest BCUT2D eigenvalue weighted by Gasteiger charge is 2.26. The Morgan fingerprint density at radius 3 is 2.90 bits per heavy atom. The van der Waals surface area contributed by atoms with E-state index in [2.05, 4.69) is 15.0 Å². The number of rotatable bonds is 6. The first-order valence-electron chi connectivity index (χ1n) is 6.21. The quantitative estimate of drug-likeness (QED) is 0.586. The van der Waals surface area contributed by atoms with Crippen LogP contribution in [0.25, 0.3) is 11.0 Å². The fourth-order valence-corrected chi connectivity index (χ4v) is 2.81. The van der Waals surface area contributed by atoms with Gasteiger partial charge in [-0.1, -0.05) is 0 Å². The molecule has 7 nitrogen and oxygen atoms in total. The zero-order valence-corrected chi connectivity index (χ0v) is 12.1. The third-order valence-electron chi connectivity index (χ3n) is 3.21. The number of fused-ring (bicyclic) bond motifs is 1. The summed E-state index contributed by atoms with van der Waals surface area (Å²) in [6, 6.07) is -0.755. The molecule has 2 atom stereocenters. The maximum Gasteiger partial charge on any atom is 0.275 e. The minimum Gasteiger partial charge on any atom is -0.394 e. The average Bonchev–Trinajstić information content (AvgIpc) is 2.85. The molecule has 0 spiro atoms. The molecule has 0 aliphatic heterocycles. The predicted molar refractivity (Wildman–Crippen MR) is 78.0 cm³/mol. The van der Waals surface area contributed by atoms with Crippen molar-refractivity contribution in [1.29, 1.82) is 0 Å². The van der Waals surface area contributed by atoms with E-state index in [1.165, 1.54) is 6.33 Å². The predicted octanol–water partition coefficient (Wildman–Crippen LogP) is 0.727. The van der Waals surface area contributed by atoms with Gasteiger partial charge in [-0.05, 0) is 13.2 Å². The lowest BCUT2D eigenvalue weighted by Gasteiger charge is -2.29. The number of aliphatic hydroxyl groups is 1. The molecule has 2 aromatic rings. The van der Waals surface area contributed by atoms with Crippen LogP contribution in [0.1, 0.15) is 18.5 Å². The molecule has 2 unspecified atom stereocenters. The van der Waals surface area contributed by atoms with Gasteiger partial charge < -0.3 is 20.3 Å². The Labute approximate surface area is 120 Å². The topological polar surface area (TPSA) is 105 Å². The van der Waals surface area contributed by atoms with Crippen molar-refractivity contribution in [1.82, 2.24) is 20.0 Å². The third kappa shape index (κ3) is 2.73. The number of H-pyrrole nitrogens is 2. The number of nitrogens with one attached hydrogen (secondary N) is 2. The summed E-state index contributed by atoms with van der Waals surface area (Å²) in [4.78, 5) is 21.1. The molecule has 0 aromatic carbocycles. The highest BCUT2D eigenvalue weighted by Crippen LogP contribution is 2.26. The molecule has 0 saturated heterocycles. The first kappa shape index (κ1) is 15.0. The van der Waals surface area contributed by atoms with E-state index < -0.39 is 6.04 Å². The van der Waals surface area contributed by atoms with Crippen LogP contribution in [-0.4, -0.2) is 55.0 Å². The number of hydrogen-bond donors (Lipinski definition) is 4. The van der Waals surface area contributed by atoms with Gasteiger partial charge in [-0.25, -0.2) is 4.98 Å². The summed E-state index contributed by atoms with van der Waals surface area (Å²) in [5.74, 6) is 0.726. The van der Waals surface area contributed by atoms with Crippen LogP contribution in [-0.2, 0) is 0 Å². The Morgan fingerprint density at radius 2 is 2.25 bits per heavy atom. The summed E-state index contributed by atoms with van der Waals surface area (Å²) < 4.78 is 0. The summed E-state index contributed by atoms with van der Waals surface area (Å²) in [6.45, 7) is 1.60. The van der Waals surface area contributed by atoms with E-state index in [9.17, 15) is 15.1 Å². The van der Waals surface area contributed by atoms with E-state index in [4.69, 9.17) is 0 Å². The van der Waals surface area contributed by atoms with Crippen molar-refractivity contribution in [3.8, 4) is 0 Å². The molecule has 2 aromatic heterocycles. The molecule has 110 valence electrons. The molecule has 0 saturated carbocycles. The van der Waals surface area contributed by atoms with Gasteiger partial charge in [0.05, 0.1) is 19.0 Å². The van der Waals surface area contributed by atoms with Gasteiger partial charge in [0, 0.05) is 23.6 Å². The number of hydrogen-bond acceptors (Lipinski definition) is 6. The highest BCUT2D eigenvalue weighted by atomic mass is 32.2. The second-order valence-corrected chi connectivity index (χ2v) is 5.49. The SMILES string of the molecule is CSCC(C)N(O)C(CO)c1c[nH]c2c(=O)[nH]cnc12. The van der Waals surface area contributed by atoms with E-state index in [0.29, 0.717) is 16.6 Å². The van der Waals surface area contributed by atoms with Crippen LogP contribution in [0.15, 0.2) is 17.3 Å². The molecule has 2 rings (SSSR count). The lowest BCUT2D eigenvalue weighted by molar-refractivity contribution is -0.161. The summed E-state index contributed by atoms with van der Waals surface area (Å²) in [5, 5.41) is 20.9. The maximum absolute atomic E-state index is 11.6. The van der Waals surface area contributed by atoms with Crippen molar-refractivity contribution in [3.05, 3.63) is 28.4 Å². The second-order valence-electron chi connectivity index (χ2n) is 4.58. The number of hydroxylamine groups is 2. The highest BCUT2D eigenvalue weighted by molar-refractivity contribution is 7.98. The van der Waals surface area contributed by atoms with Crippen molar-refractivity contribution < 1.29 is 10.3 Å². The molecule has 0 aliphatic carbocycles. The molecule has 20 heavy (non-hydrogen) atoms. The first-order chi connectivity index (χ1) is 9.60. The fraction of sp³-hybridized carbons (Fsp3) is 0.500. The number of thioether (sulfide) groups is 1. The summed E-state index contributed by atoms with van der Waals surface area (Å²) in [5.41, 5.74) is 1.12. The maximum atomic E-state index is 11.6. The summed E-state index contributed by atoms with van der Waals surface area (Å²) in [6.07, 6.45) is 4.86. The van der Waals surface area contributed by atoms with Gasteiger partial charge in [-0.2, -0.15) is 16.8 Å². The fourth-order valence-electron chi connectivity index (χ4n) is 2.17. The number of aromatic amines is 2. The molecule has 0 aliphatic rings. The minimum atomic E-state index is -0.625. The van der Waals surface area contributed by atoms with Crippen LogP contribution in [0, 0.1) is 0 Å². The van der Waals surface area contributed by atoms with Crippen molar-refractivity contribution in [2.24, 2.45) is 0 Å². The Hall–Kier alpha value is -1.35. The van der Waals surface area contributed by atoms with E-state index in [0.717, 1.165) is 10.8 Å². The van der Waals surface area contributed by atoms with Crippen LogP contribution in [0.3, 0.4) is 0 Å². The van der Waals surface area contributed by atoms with Crippen LogP contribution < -0.4 is 5.56 Å². The van der Waals surface area contributed by atoms with Gasteiger partial charge in [0.25, 0.3) is 5.56 Å². The second kappa shape index (κ2) is 6.40. The van der Waals surface area contributed by atoms with Crippen molar-refractivity contribution in [3.63, 3.8) is 0 Å². The minimum absolute atomic E-state index is 0.130. The van der Waals surface area contributed by atoms with Crippen molar-refractivity contribution >= 4 is 22.8 Å². The van der Waals surface area contributed by atoms with Gasteiger partial charge in [0.2, 0.25) is 0 Å². The molecule has 8 heteroatoms. The first-order valence-corrected chi connectivity index (χ1v) is 7.61.